The summed E-state index contributed by atoms with van der Waals surface area (Å²) < 4.78 is 0. The summed E-state index contributed by atoms with van der Waals surface area (Å²) in [5, 5.41) is 13.8. The minimum Gasteiger partial charge on any atom is -0.480 e. The first-order valence-electron chi connectivity index (χ1n) is 5.51. The smallest absolute Gasteiger partial charge is 0.326 e. The predicted octanol–water partition coefficient (Wildman–Crippen LogP) is 2.15. The van der Waals surface area contributed by atoms with Crippen LogP contribution in [-0.2, 0) is 4.79 Å². The molecule has 0 aliphatic rings. The first-order valence-corrected chi connectivity index (χ1v) is 5.51. The normalized spacial score (nSPS) is 11.4. The second-order valence-electron chi connectivity index (χ2n) is 3.88. The van der Waals surface area contributed by atoms with Crippen molar-refractivity contribution in [1.29, 1.82) is 0 Å². The van der Waals surface area contributed by atoms with Crippen molar-refractivity contribution in [1.82, 2.24) is 5.32 Å². The van der Waals surface area contributed by atoms with Crippen molar-refractivity contribution >= 4 is 17.7 Å². The molecule has 2 amide bonds. The Kier molecular flexibility index (Phi) is 4.92. The third-order valence-electron chi connectivity index (χ3n) is 2.28. The van der Waals surface area contributed by atoms with Gasteiger partial charge in [0.25, 0.3) is 0 Å². The van der Waals surface area contributed by atoms with Gasteiger partial charge >= 0.3 is 12.0 Å². The number of nitrogens with one attached hydrogen (secondary N) is 2. The molecule has 3 N–H and O–H groups in total. The van der Waals surface area contributed by atoms with Crippen LogP contribution in [-0.4, -0.2) is 23.1 Å². The topological polar surface area (TPSA) is 78.4 Å². The first kappa shape index (κ1) is 13.8. The van der Waals surface area contributed by atoms with Crippen molar-refractivity contribution in [3.63, 3.8) is 0 Å². The van der Waals surface area contributed by atoms with E-state index in [9.17, 15) is 9.59 Å². The van der Waals surface area contributed by atoms with Gasteiger partial charge in [0.05, 0.1) is 0 Å². The molecule has 5 nitrogen and oxygen atoms in total. The number of aliphatic carboxylic acids is 1. The van der Waals surface area contributed by atoms with Crippen LogP contribution in [0.3, 0.4) is 0 Å². The molecule has 0 heterocycles. The number of carbonyl (C=O) groups excluding carboxylic acids is 1. The van der Waals surface area contributed by atoms with Gasteiger partial charge in [-0.2, -0.15) is 0 Å². The Morgan fingerprint density at radius 1 is 1.50 bits per heavy atom. The van der Waals surface area contributed by atoms with E-state index in [4.69, 9.17) is 5.11 Å². The molecule has 5 heteroatoms. The van der Waals surface area contributed by atoms with E-state index in [0.717, 1.165) is 5.56 Å². The van der Waals surface area contributed by atoms with E-state index < -0.39 is 18.0 Å². The molecule has 0 radical (unpaired) electrons. The average Bonchev–Trinajstić information content (AvgIpc) is 2.28. The summed E-state index contributed by atoms with van der Waals surface area (Å²) in [5.74, 6) is -1.09. The minimum atomic E-state index is -1.09. The largest absolute Gasteiger partial charge is 0.480 e. The van der Waals surface area contributed by atoms with Gasteiger partial charge in [0.15, 0.2) is 0 Å². The Morgan fingerprint density at radius 3 is 2.78 bits per heavy atom. The number of benzene rings is 1. The highest BCUT2D eigenvalue weighted by molar-refractivity contribution is 5.92. The molecule has 1 rings (SSSR count). The standard InChI is InChI=1S/C13H16N2O3/c1-3-5-11(12(16)17)15-13(18)14-10-7-4-6-9(2)8-10/h3-4,6-8,11H,1,5H2,2H3,(H,16,17)(H2,14,15,18). The summed E-state index contributed by atoms with van der Waals surface area (Å²) in [6.45, 7) is 5.35. The molecule has 0 spiro atoms. The van der Waals surface area contributed by atoms with Crippen LogP contribution in [0.5, 0.6) is 0 Å². The summed E-state index contributed by atoms with van der Waals surface area (Å²) in [6.07, 6.45) is 1.63. The average molecular weight is 248 g/mol. The van der Waals surface area contributed by atoms with E-state index in [-0.39, 0.29) is 6.42 Å². The summed E-state index contributed by atoms with van der Waals surface area (Å²) in [5.41, 5.74) is 1.63. The van der Waals surface area contributed by atoms with Crippen LogP contribution < -0.4 is 10.6 Å². The van der Waals surface area contributed by atoms with Crippen molar-refractivity contribution in [2.24, 2.45) is 0 Å². The number of carboxylic acids is 1. The van der Waals surface area contributed by atoms with Gasteiger partial charge in [-0.15, -0.1) is 6.58 Å². The Bertz CT molecular complexity index is 457. The Hall–Kier alpha value is -2.30. The quantitative estimate of drug-likeness (QED) is 0.698. The van der Waals surface area contributed by atoms with Gasteiger partial charge in [0.1, 0.15) is 6.04 Å². The number of carbonyl (C=O) groups is 2. The summed E-state index contributed by atoms with van der Waals surface area (Å²) in [4.78, 5) is 22.4. The third-order valence-corrected chi connectivity index (χ3v) is 2.28. The maximum absolute atomic E-state index is 11.6. The Balaban J connectivity index is 2.60. The first-order chi connectivity index (χ1) is 8.52. The summed E-state index contributed by atoms with van der Waals surface area (Å²) in [7, 11) is 0. The molecule has 0 fully saturated rings. The molecule has 0 saturated heterocycles. The predicted molar refractivity (Wildman–Crippen MR) is 69.6 cm³/mol. The lowest BCUT2D eigenvalue weighted by molar-refractivity contribution is -0.139. The number of hydrogen-bond acceptors (Lipinski definition) is 2. The molecule has 1 unspecified atom stereocenters. The van der Waals surface area contributed by atoms with Crippen LogP contribution in [0.15, 0.2) is 36.9 Å². The second-order valence-corrected chi connectivity index (χ2v) is 3.88. The number of aryl methyl sites for hydroxylation is 1. The Morgan fingerprint density at radius 2 is 2.22 bits per heavy atom. The van der Waals surface area contributed by atoms with E-state index in [1.807, 2.05) is 19.1 Å². The second kappa shape index (κ2) is 6.44. The van der Waals surface area contributed by atoms with Gasteiger partial charge in [-0.1, -0.05) is 18.2 Å². The van der Waals surface area contributed by atoms with Crippen LogP contribution in [0.1, 0.15) is 12.0 Å². The Labute approximate surface area is 106 Å². The van der Waals surface area contributed by atoms with Crippen molar-refractivity contribution in [3.05, 3.63) is 42.5 Å². The number of amides is 2. The van der Waals surface area contributed by atoms with E-state index in [2.05, 4.69) is 17.2 Å². The monoisotopic (exact) mass is 248 g/mol. The number of hydrogen-bond donors (Lipinski definition) is 3. The highest BCUT2D eigenvalue weighted by Crippen LogP contribution is 2.09. The lowest BCUT2D eigenvalue weighted by Crippen LogP contribution is -2.42. The van der Waals surface area contributed by atoms with Crippen LogP contribution in [0, 0.1) is 6.92 Å². The molecule has 1 aromatic carbocycles. The molecule has 18 heavy (non-hydrogen) atoms. The highest BCUT2D eigenvalue weighted by atomic mass is 16.4. The lowest BCUT2D eigenvalue weighted by atomic mass is 10.2. The molecular weight excluding hydrogens is 232 g/mol. The van der Waals surface area contributed by atoms with E-state index in [0.29, 0.717) is 5.69 Å². The molecule has 0 aliphatic carbocycles. The van der Waals surface area contributed by atoms with Gasteiger partial charge in [-0.3, -0.25) is 0 Å². The van der Waals surface area contributed by atoms with Crippen molar-refractivity contribution in [2.45, 2.75) is 19.4 Å². The zero-order valence-electron chi connectivity index (χ0n) is 10.1. The van der Waals surface area contributed by atoms with Gasteiger partial charge in [0, 0.05) is 5.69 Å². The fourth-order valence-corrected chi connectivity index (χ4v) is 1.44. The maximum Gasteiger partial charge on any atom is 0.326 e. The van der Waals surface area contributed by atoms with E-state index in [1.54, 1.807) is 12.1 Å². The number of anilines is 1. The summed E-state index contributed by atoms with van der Waals surface area (Å²) in [6, 6.07) is 5.73. The number of rotatable bonds is 5. The SMILES string of the molecule is C=CCC(NC(=O)Nc1cccc(C)c1)C(=O)O. The molecular formula is C13H16N2O3. The molecule has 0 bridgehead atoms. The lowest BCUT2D eigenvalue weighted by Gasteiger charge is -2.13. The highest BCUT2D eigenvalue weighted by Gasteiger charge is 2.17. The fraction of sp³-hybridized carbons (Fsp3) is 0.231. The van der Waals surface area contributed by atoms with E-state index in [1.165, 1.54) is 6.08 Å². The van der Waals surface area contributed by atoms with Gasteiger partial charge in [0.2, 0.25) is 0 Å². The molecule has 0 aromatic heterocycles. The van der Waals surface area contributed by atoms with Crippen molar-refractivity contribution < 1.29 is 14.7 Å². The molecule has 0 saturated carbocycles. The molecule has 96 valence electrons. The third kappa shape index (κ3) is 4.29. The summed E-state index contributed by atoms with van der Waals surface area (Å²) >= 11 is 0. The maximum atomic E-state index is 11.6. The van der Waals surface area contributed by atoms with Crippen LogP contribution in [0.4, 0.5) is 10.5 Å². The number of urea groups is 1. The van der Waals surface area contributed by atoms with Crippen LogP contribution in [0.25, 0.3) is 0 Å². The van der Waals surface area contributed by atoms with Crippen LogP contribution >= 0.6 is 0 Å². The zero-order valence-corrected chi connectivity index (χ0v) is 10.1. The van der Waals surface area contributed by atoms with Gasteiger partial charge in [-0.25, -0.2) is 9.59 Å². The minimum absolute atomic E-state index is 0.177. The van der Waals surface area contributed by atoms with Crippen molar-refractivity contribution in [3.8, 4) is 0 Å². The van der Waals surface area contributed by atoms with Crippen LogP contribution in [0.2, 0.25) is 0 Å². The molecule has 0 aliphatic heterocycles. The molecule has 1 atom stereocenters. The van der Waals surface area contributed by atoms with Gasteiger partial charge in [-0.05, 0) is 31.0 Å². The molecule has 1 aromatic rings. The fourth-order valence-electron chi connectivity index (χ4n) is 1.44. The van der Waals surface area contributed by atoms with Gasteiger partial charge < -0.3 is 15.7 Å². The zero-order chi connectivity index (χ0) is 13.5. The number of carboxylic acid groups (broad SMARTS) is 1. The van der Waals surface area contributed by atoms with Crippen molar-refractivity contribution in [2.75, 3.05) is 5.32 Å². The van der Waals surface area contributed by atoms with E-state index >= 15 is 0 Å².